The zero-order valence-corrected chi connectivity index (χ0v) is 21.1. The lowest BCUT2D eigenvalue weighted by molar-refractivity contribution is -0.123. The van der Waals surface area contributed by atoms with E-state index in [4.69, 9.17) is 9.15 Å². The molecule has 0 radical (unpaired) electrons. The Morgan fingerprint density at radius 1 is 0.973 bits per heavy atom. The molecule has 1 saturated carbocycles. The number of benzene rings is 2. The molecule has 0 bridgehead atoms. The molecule has 6 nitrogen and oxygen atoms in total. The van der Waals surface area contributed by atoms with Crippen LogP contribution in [-0.4, -0.2) is 18.8 Å². The zero-order chi connectivity index (χ0) is 25.4. The van der Waals surface area contributed by atoms with E-state index in [1.807, 2.05) is 65.6 Å². The SMILES string of the molecule is COc1ccccc1C1C2=C(CC(c3ccco3)CC2=O)Nc2ccccc2N1C(=O)C1CCCCC1. The number of nitrogens with one attached hydrogen (secondary N) is 1. The average Bonchev–Trinajstić information content (AvgIpc) is 3.43. The predicted molar refractivity (Wildman–Crippen MR) is 143 cm³/mol. The van der Waals surface area contributed by atoms with Gasteiger partial charge in [-0.25, -0.2) is 0 Å². The molecule has 1 aliphatic heterocycles. The highest BCUT2D eigenvalue weighted by atomic mass is 16.5. The van der Waals surface area contributed by atoms with Crippen LogP contribution >= 0.6 is 0 Å². The Morgan fingerprint density at radius 3 is 2.54 bits per heavy atom. The molecule has 1 aromatic heterocycles. The molecule has 2 heterocycles. The number of Topliss-reactive ketones (excluding diaryl/α,β-unsaturated/α-hetero) is 1. The van der Waals surface area contributed by atoms with Gasteiger partial charge in [-0.05, 0) is 49.6 Å². The summed E-state index contributed by atoms with van der Waals surface area (Å²) in [5.41, 5.74) is 3.95. The first-order valence-corrected chi connectivity index (χ1v) is 13.3. The Balaban J connectivity index is 1.56. The quantitative estimate of drug-likeness (QED) is 0.432. The van der Waals surface area contributed by atoms with Crippen molar-refractivity contribution in [1.82, 2.24) is 0 Å². The van der Waals surface area contributed by atoms with E-state index < -0.39 is 6.04 Å². The highest BCUT2D eigenvalue weighted by molar-refractivity contribution is 6.07. The van der Waals surface area contributed by atoms with Crippen LogP contribution in [0.3, 0.4) is 0 Å². The summed E-state index contributed by atoms with van der Waals surface area (Å²) >= 11 is 0. The van der Waals surface area contributed by atoms with Crippen molar-refractivity contribution in [2.24, 2.45) is 5.92 Å². The van der Waals surface area contributed by atoms with Gasteiger partial charge in [0.25, 0.3) is 0 Å². The van der Waals surface area contributed by atoms with Gasteiger partial charge in [0.15, 0.2) is 5.78 Å². The Kier molecular flexibility index (Phi) is 6.33. The van der Waals surface area contributed by atoms with E-state index in [1.165, 1.54) is 6.42 Å². The number of amides is 1. The molecule has 2 aromatic carbocycles. The number of hydrogen-bond donors (Lipinski definition) is 1. The summed E-state index contributed by atoms with van der Waals surface area (Å²) in [6.45, 7) is 0. The zero-order valence-electron chi connectivity index (χ0n) is 21.1. The van der Waals surface area contributed by atoms with Gasteiger partial charge in [-0.15, -0.1) is 0 Å². The van der Waals surface area contributed by atoms with Crippen LogP contribution in [0.1, 0.15) is 68.2 Å². The first kappa shape index (κ1) is 23.6. The first-order chi connectivity index (χ1) is 18.2. The van der Waals surface area contributed by atoms with Gasteiger partial charge in [0.1, 0.15) is 11.5 Å². The van der Waals surface area contributed by atoms with Gasteiger partial charge in [-0.3, -0.25) is 14.5 Å². The van der Waals surface area contributed by atoms with Crippen molar-refractivity contribution in [2.75, 3.05) is 17.3 Å². The molecular formula is C31H32N2O4. The van der Waals surface area contributed by atoms with Crippen molar-refractivity contribution in [1.29, 1.82) is 0 Å². The molecule has 6 rings (SSSR count). The third-order valence-corrected chi connectivity index (χ3v) is 8.06. The number of fused-ring (bicyclic) bond motifs is 1. The molecule has 2 unspecified atom stereocenters. The van der Waals surface area contributed by atoms with Crippen molar-refractivity contribution < 1.29 is 18.7 Å². The topological polar surface area (TPSA) is 71.8 Å². The molecule has 1 N–H and O–H groups in total. The van der Waals surface area contributed by atoms with Gasteiger partial charge in [-0.2, -0.15) is 0 Å². The van der Waals surface area contributed by atoms with E-state index in [0.717, 1.165) is 54.1 Å². The summed E-state index contributed by atoms with van der Waals surface area (Å²) in [7, 11) is 1.64. The van der Waals surface area contributed by atoms with E-state index in [0.29, 0.717) is 24.2 Å². The molecule has 3 aliphatic rings. The summed E-state index contributed by atoms with van der Waals surface area (Å²) < 4.78 is 11.5. The normalized spacial score (nSPS) is 22.1. The number of nitrogens with zero attached hydrogens (tertiary/aromatic N) is 1. The van der Waals surface area contributed by atoms with Gasteiger partial charge < -0.3 is 14.5 Å². The summed E-state index contributed by atoms with van der Waals surface area (Å²) in [5, 5.41) is 3.59. The molecular weight excluding hydrogens is 464 g/mol. The number of rotatable bonds is 4. The highest BCUT2D eigenvalue weighted by Crippen LogP contribution is 2.49. The monoisotopic (exact) mass is 496 g/mol. The number of carbonyl (C=O) groups is 2. The Hall–Kier alpha value is -3.80. The number of methoxy groups -OCH3 is 1. The van der Waals surface area contributed by atoms with Gasteiger partial charge >= 0.3 is 0 Å². The molecule has 6 heteroatoms. The molecule has 2 aliphatic carbocycles. The maximum Gasteiger partial charge on any atom is 0.231 e. The van der Waals surface area contributed by atoms with Crippen molar-refractivity contribution in [3.05, 3.63) is 89.5 Å². The standard InChI is InChI=1S/C31H32N2O4/c1-36-28-15-8-5-12-22(28)30-29-24(18-21(19-26(29)34)27-16-9-17-37-27)32-23-13-6-7-14-25(23)33(30)31(35)20-10-3-2-4-11-20/h5-9,12-17,20-21,30,32H,2-4,10-11,18-19H2,1H3. The largest absolute Gasteiger partial charge is 0.496 e. The molecule has 37 heavy (non-hydrogen) atoms. The van der Waals surface area contributed by atoms with E-state index in [1.54, 1.807) is 13.4 Å². The number of carbonyl (C=O) groups excluding carboxylic acids is 2. The van der Waals surface area contributed by atoms with Crippen LogP contribution in [0.2, 0.25) is 0 Å². The fourth-order valence-electron chi connectivity index (χ4n) is 6.29. The second-order valence-corrected chi connectivity index (χ2v) is 10.3. The van der Waals surface area contributed by atoms with Crippen LogP contribution in [0.25, 0.3) is 0 Å². The van der Waals surface area contributed by atoms with Gasteiger partial charge in [-0.1, -0.05) is 49.6 Å². The molecule has 3 aromatic rings. The number of anilines is 2. The van der Waals surface area contributed by atoms with E-state index in [-0.39, 0.29) is 23.5 Å². The second-order valence-electron chi connectivity index (χ2n) is 10.3. The average molecular weight is 497 g/mol. The molecule has 1 amide bonds. The summed E-state index contributed by atoms with van der Waals surface area (Å²) in [6, 6.07) is 18.9. The number of allylic oxidation sites excluding steroid dienone is 1. The summed E-state index contributed by atoms with van der Waals surface area (Å²) in [4.78, 5) is 30.3. The maximum absolute atomic E-state index is 14.4. The number of ketones is 1. The third kappa shape index (κ3) is 4.24. The van der Waals surface area contributed by atoms with Crippen molar-refractivity contribution in [2.45, 2.75) is 56.9 Å². The Labute approximate surface area is 217 Å². The lowest BCUT2D eigenvalue weighted by atomic mass is 9.79. The minimum atomic E-state index is -0.582. The molecule has 0 saturated heterocycles. The van der Waals surface area contributed by atoms with Crippen LogP contribution in [0, 0.1) is 5.92 Å². The maximum atomic E-state index is 14.4. The second kappa shape index (κ2) is 9.92. The van der Waals surface area contributed by atoms with E-state index >= 15 is 0 Å². The fourth-order valence-corrected chi connectivity index (χ4v) is 6.29. The molecule has 190 valence electrons. The molecule has 1 fully saturated rings. The predicted octanol–water partition coefficient (Wildman–Crippen LogP) is 6.77. The Morgan fingerprint density at radius 2 is 1.76 bits per heavy atom. The van der Waals surface area contributed by atoms with Crippen LogP contribution in [0.15, 0.2) is 82.6 Å². The van der Waals surface area contributed by atoms with Crippen LogP contribution in [0.5, 0.6) is 5.75 Å². The van der Waals surface area contributed by atoms with Crippen molar-refractivity contribution in [3.63, 3.8) is 0 Å². The number of ether oxygens (including phenoxy) is 1. The van der Waals surface area contributed by atoms with Gasteiger partial charge in [0.05, 0.1) is 30.8 Å². The molecule has 0 spiro atoms. The van der Waals surface area contributed by atoms with E-state index in [2.05, 4.69) is 5.32 Å². The van der Waals surface area contributed by atoms with Crippen molar-refractivity contribution >= 4 is 23.1 Å². The molecule has 2 atom stereocenters. The van der Waals surface area contributed by atoms with Crippen LogP contribution in [0.4, 0.5) is 11.4 Å². The number of hydrogen-bond acceptors (Lipinski definition) is 5. The van der Waals surface area contributed by atoms with Gasteiger partial charge in [0, 0.05) is 35.1 Å². The number of furan rings is 1. The highest BCUT2D eigenvalue weighted by Gasteiger charge is 2.44. The lowest BCUT2D eigenvalue weighted by Crippen LogP contribution is -2.42. The van der Waals surface area contributed by atoms with Crippen LogP contribution in [-0.2, 0) is 9.59 Å². The lowest BCUT2D eigenvalue weighted by Gasteiger charge is -2.37. The van der Waals surface area contributed by atoms with Crippen molar-refractivity contribution in [3.8, 4) is 5.75 Å². The minimum absolute atomic E-state index is 0.0281. The smallest absolute Gasteiger partial charge is 0.231 e. The summed E-state index contributed by atoms with van der Waals surface area (Å²) in [6.07, 6.45) is 7.65. The summed E-state index contributed by atoms with van der Waals surface area (Å²) in [5.74, 6) is 1.47. The first-order valence-electron chi connectivity index (χ1n) is 13.3. The van der Waals surface area contributed by atoms with Gasteiger partial charge in [0.2, 0.25) is 5.91 Å². The number of para-hydroxylation sites is 3. The Bertz CT molecular complexity index is 1340. The fraction of sp³-hybridized carbons (Fsp3) is 0.355. The third-order valence-electron chi connectivity index (χ3n) is 8.06. The minimum Gasteiger partial charge on any atom is -0.496 e. The van der Waals surface area contributed by atoms with E-state index in [9.17, 15) is 9.59 Å². The van der Waals surface area contributed by atoms with Crippen LogP contribution < -0.4 is 15.0 Å².